The number of hydrogen-bond donors (Lipinski definition) is 1. The summed E-state index contributed by atoms with van der Waals surface area (Å²) in [4.78, 5) is 17.9. The number of rotatable bonds is 8. The standard InChI is InChI=1S/C29H31N3O3S2/c1-19-9-11-24(12-10-19)16-32(37(34,35)29-21(3)13-20(2)14-22(29)4)17-28(33)31-26-8-6-7-25(15-26)27-18-36-23(5)30-27/h6-15,18H,16-17H2,1-5H3,(H,31,33). The van der Waals surface area contributed by atoms with Gasteiger partial charge in [-0.05, 0) is 63.4 Å². The van der Waals surface area contributed by atoms with Gasteiger partial charge in [-0.3, -0.25) is 4.79 Å². The van der Waals surface area contributed by atoms with E-state index in [2.05, 4.69) is 10.3 Å². The lowest BCUT2D eigenvalue weighted by atomic mass is 10.1. The molecule has 0 bridgehead atoms. The van der Waals surface area contributed by atoms with Crippen molar-refractivity contribution in [3.8, 4) is 11.3 Å². The van der Waals surface area contributed by atoms with E-state index in [0.717, 1.165) is 33.0 Å². The van der Waals surface area contributed by atoms with Crippen LogP contribution in [0.3, 0.4) is 0 Å². The van der Waals surface area contributed by atoms with Crippen LogP contribution in [0, 0.1) is 34.6 Å². The molecule has 0 aliphatic carbocycles. The number of nitrogens with zero attached hydrogens (tertiary/aromatic N) is 2. The Morgan fingerprint density at radius 1 is 0.919 bits per heavy atom. The number of anilines is 1. The van der Waals surface area contributed by atoms with Gasteiger partial charge in [-0.1, -0.05) is 59.7 Å². The fraction of sp³-hybridized carbons (Fsp3) is 0.241. The Balaban J connectivity index is 1.63. The molecule has 0 unspecified atom stereocenters. The number of amides is 1. The lowest BCUT2D eigenvalue weighted by Gasteiger charge is -2.24. The van der Waals surface area contributed by atoms with Crippen LogP contribution >= 0.6 is 11.3 Å². The van der Waals surface area contributed by atoms with Gasteiger partial charge in [0.2, 0.25) is 15.9 Å². The first-order chi connectivity index (χ1) is 17.5. The van der Waals surface area contributed by atoms with Crippen LogP contribution in [-0.4, -0.2) is 30.2 Å². The Labute approximate surface area is 223 Å². The molecule has 0 radical (unpaired) electrons. The fourth-order valence-electron chi connectivity index (χ4n) is 4.44. The predicted molar refractivity (Wildman–Crippen MR) is 150 cm³/mol. The smallest absolute Gasteiger partial charge is 0.244 e. The molecule has 192 valence electrons. The van der Waals surface area contributed by atoms with Crippen molar-refractivity contribution >= 4 is 33.0 Å². The number of aryl methyl sites for hydroxylation is 5. The first-order valence-electron chi connectivity index (χ1n) is 12.0. The highest BCUT2D eigenvalue weighted by Gasteiger charge is 2.30. The number of thiazole rings is 1. The van der Waals surface area contributed by atoms with Gasteiger partial charge >= 0.3 is 0 Å². The molecule has 4 aromatic rings. The number of hydrogen-bond acceptors (Lipinski definition) is 5. The maximum absolute atomic E-state index is 13.9. The van der Waals surface area contributed by atoms with Crippen LogP contribution in [0.1, 0.15) is 32.8 Å². The predicted octanol–water partition coefficient (Wildman–Crippen LogP) is 6.18. The van der Waals surface area contributed by atoms with Gasteiger partial charge in [-0.25, -0.2) is 13.4 Å². The molecule has 0 saturated carbocycles. The van der Waals surface area contributed by atoms with Crippen LogP contribution in [-0.2, 0) is 21.4 Å². The first kappa shape index (κ1) is 26.7. The minimum atomic E-state index is -3.96. The lowest BCUT2D eigenvalue weighted by molar-refractivity contribution is -0.116. The third-order valence-electron chi connectivity index (χ3n) is 6.06. The van der Waals surface area contributed by atoms with Crippen LogP contribution in [0.15, 0.2) is 70.9 Å². The summed E-state index contributed by atoms with van der Waals surface area (Å²) >= 11 is 1.56. The lowest BCUT2D eigenvalue weighted by Crippen LogP contribution is -2.38. The maximum Gasteiger partial charge on any atom is 0.244 e. The molecular formula is C29H31N3O3S2. The molecule has 0 aliphatic heterocycles. The highest BCUT2D eigenvalue weighted by atomic mass is 32.2. The molecular weight excluding hydrogens is 502 g/mol. The number of sulfonamides is 1. The van der Waals surface area contributed by atoms with E-state index in [0.29, 0.717) is 16.8 Å². The minimum absolute atomic E-state index is 0.0843. The van der Waals surface area contributed by atoms with Crippen molar-refractivity contribution in [3.05, 3.63) is 98.9 Å². The summed E-state index contributed by atoms with van der Waals surface area (Å²) < 4.78 is 29.1. The van der Waals surface area contributed by atoms with Crippen molar-refractivity contribution in [2.24, 2.45) is 0 Å². The quantitative estimate of drug-likeness (QED) is 0.293. The zero-order valence-corrected chi connectivity index (χ0v) is 23.3. The van der Waals surface area contributed by atoms with E-state index in [4.69, 9.17) is 0 Å². The van der Waals surface area contributed by atoms with Crippen LogP contribution < -0.4 is 5.32 Å². The van der Waals surface area contributed by atoms with Gasteiger partial charge in [0.05, 0.1) is 22.1 Å². The zero-order valence-electron chi connectivity index (χ0n) is 21.7. The van der Waals surface area contributed by atoms with E-state index in [9.17, 15) is 13.2 Å². The van der Waals surface area contributed by atoms with Gasteiger partial charge in [0, 0.05) is 23.2 Å². The van der Waals surface area contributed by atoms with Gasteiger partial charge in [-0.2, -0.15) is 4.31 Å². The van der Waals surface area contributed by atoms with E-state index in [1.165, 1.54) is 4.31 Å². The molecule has 8 heteroatoms. The molecule has 1 amide bonds. The summed E-state index contributed by atoms with van der Waals surface area (Å²) in [6.07, 6.45) is 0. The van der Waals surface area contributed by atoms with E-state index in [1.54, 1.807) is 31.3 Å². The normalized spacial score (nSPS) is 11.6. The van der Waals surface area contributed by atoms with Crippen LogP contribution in [0.2, 0.25) is 0 Å². The SMILES string of the molecule is Cc1ccc(CN(CC(=O)Nc2cccc(-c3csc(C)n3)c2)S(=O)(=O)c2c(C)cc(C)cc2C)cc1. The van der Waals surface area contributed by atoms with Crippen LogP contribution in [0.5, 0.6) is 0 Å². The Morgan fingerprint density at radius 2 is 1.59 bits per heavy atom. The summed E-state index contributed by atoms with van der Waals surface area (Å²) in [7, 11) is -3.96. The van der Waals surface area contributed by atoms with E-state index in [-0.39, 0.29) is 18.0 Å². The molecule has 4 rings (SSSR count). The van der Waals surface area contributed by atoms with Crippen molar-refractivity contribution in [3.63, 3.8) is 0 Å². The van der Waals surface area contributed by atoms with Crippen molar-refractivity contribution in [2.75, 3.05) is 11.9 Å². The molecule has 0 spiro atoms. The molecule has 37 heavy (non-hydrogen) atoms. The summed E-state index contributed by atoms with van der Waals surface area (Å²) in [6, 6.07) is 18.8. The number of carbonyl (C=O) groups is 1. The van der Waals surface area contributed by atoms with Crippen molar-refractivity contribution in [1.82, 2.24) is 9.29 Å². The Kier molecular flexibility index (Phi) is 7.92. The summed E-state index contributed by atoms with van der Waals surface area (Å²) in [6.45, 7) is 9.22. The van der Waals surface area contributed by atoms with Gasteiger partial charge in [0.15, 0.2) is 0 Å². The molecule has 0 fully saturated rings. The second-order valence-corrected chi connectivity index (χ2v) is 12.3. The Hall–Kier alpha value is -3.33. The maximum atomic E-state index is 13.9. The average molecular weight is 534 g/mol. The largest absolute Gasteiger partial charge is 0.325 e. The van der Waals surface area contributed by atoms with E-state index in [1.807, 2.05) is 80.7 Å². The summed E-state index contributed by atoms with van der Waals surface area (Å²) in [5.74, 6) is -0.412. The number of aromatic nitrogens is 1. The van der Waals surface area contributed by atoms with Crippen LogP contribution in [0.25, 0.3) is 11.3 Å². The number of carbonyl (C=O) groups excluding carboxylic acids is 1. The number of benzene rings is 3. The summed E-state index contributed by atoms with van der Waals surface area (Å²) in [5, 5.41) is 5.81. The van der Waals surface area contributed by atoms with Gasteiger partial charge in [0.1, 0.15) is 0 Å². The zero-order chi connectivity index (χ0) is 26.7. The molecule has 1 heterocycles. The fourth-order valence-corrected chi connectivity index (χ4v) is 6.86. The summed E-state index contributed by atoms with van der Waals surface area (Å²) in [5.41, 5.74) is 6.53. The monoisotopic (exact) mass is 533 g/mol. The van der Waals surface area contributed by atoms with E-state index >= 15 is 0 Å². The third-order valence-corrected chi connectivity index (χ3v) is 8.93. The first-order valence-corrected chi connectivity index (χ1v) is 14.3. The van der Waals surface area contributed by atoms with Gasteiger partial charge in [-0.15, -0.1) is 11.3 Å². The molecule has 1 aromatic heterocycles. The topological polar surface area (TPSA) is 79.4 Å². The van der Waals surface area contributed by atoms with Gasteiger partial charge < -0.3 is 5.32 Å². The van der Waals surface area contributed by atoms with Crippen molar-refractivity contribution < 1.29 is 13.2 Å². The number of nitrogens with one attached hydrogen (secondary N) is 1. The Bertz CT molecular complexity index is 1520. The van der Waals surface area contributed by atoms with Crippen LogP contribution in [0.4, 0.5) is 5.69 Å². The molecule has 0 aliphatic rings. The second kappa shape index (κ2) is 11.0. The molecule has 0 saturated heterocycles. The van der Waals surface area contributed by atoms with E-state index < -0.39 is 15.9 Å². The minimum Gasteiger partial charge on any atom is -0.325 e. The van der Waals surface area contributed by atoms with Crippen molar-refractivity contribution in [2.45, 2.75) is 46.1 Å². The molecule has 3 aromatic carbocycles. The second-order valence-electron chi connectivity index (χ2n) is 9.37. The third kappa shape index (κ3) is 6.33. The average Bonchev–Trinajstić information content (AvgIpc) is 3.25. The highest BCUT2D eigenvalue weighted by molar-refractivity contribution is 7.89. The molecule has 6 nitrogen and oxygen atoms in total. The van der Waals surface area contributed by atoms with Gasteiger partial charge in [0.25, 0.3) is 0 Å². The highest BCUT2D eigenvalue weighted by Crippen LogP contribution is 2.27. The molecule has 0 atom stereocenters. The Morgan fingerprint density at radius 3 is 2.22 bits per heavy atom. The molecule has 1 N–H and O–H groups in total. The van der Waals surface area contributed by atoms with Crippen molar-refractivity contribution in [1.29, 1.82) is 0 Å².